The third-order valence-electron chi connectivity index (χ3n) is 1.18. The van der Waals surface area contributed by atoms with Crippen molar-refractivity contribution in [2.75, 3.05) is 6.61 Å². The lowest BCUT2D eigenvalue weighted by molar-refractivity contribution is 0.280. The summed E-state index contributed by atoms with van der Waals surface area (Å²) in [7, 11) is -0.477. The molecule has 1 rings (SSSR count). The summed E-state index contributed by atoms with van der Waals surface area (Å²) in [5.74, 6) is 0.551. The molecule has 0 bridgehead atoms. The van der Waals surface area contributed by atoms with Crippen LogP contribution in [-0.4, -0.2) is 18.7 Å². The minimum Gasteiger partial charge on any atom is -0.427 e. The third-order valence-corrected chi connectivity index (χ3v) is 1.18. The van der Waals surface area contributed by atoms with Crippen LogP contribution < -0.4 is 0 Å². The van der Waals surface area contributed by atoms with Gasteiger partial charge in [-0.3, -0.25) is 0 Å². The Hall–Kier alpha value is -0.0151. The van der Waals surface area contributed by atoms with Crippen molar-refractivity contribution in [1.29, 1.82) is 0 Å². The van der Waals surface area contributed by atoms with Gasteiger partial charge in [0.05, 0.1) is 0 Å². The van der Waals surface area contributed by atoms with Gasteiger partial charge in [0.2, 0.25) is 0 Å². The zero-order valence-corrected chi connectivity index (χ0v) is 7.13. The maximum atomic E-state index is 8.68. The summed E-state index contributed by atoms with van der Waals surface area (Å²) >= 11 is 0. The van der Waals surface area contributed by atoms with Crippen LogP contribution in [0, 0.1) is 5.92 Å². The van der Waals surface area contributed by atoms with E-state index in [-0.39, 0.29) is 0 Å². The molecule has 0 aromatic rings. The molecule has 0 aromatic heterocycles. The molecule has 3 heteroatoms. The first-order valence-corrected chi connectivity index (χ1v) is 4.00. The lowest BCUT2D eigenvalue weighted by atomic mass is 9.83. The van der Waals surface area contributed by atoms with Crippen LogP contribution >= 0.6 is 0 Å². The summed E-state index contributed by atoms with van der Waals surface area (Å²) in [6.07, 6.45) is 2.06. The van der Waals surface area contributed by atoms with Gasteiger partial charge < -0.3 is 9.68 Å². The average Bonchev–Trinajstić information content (AvgIpc) is 2.17. The highest BCUT2D eigenvalue weighted by atomic mass is 16.5. The van der Waals surface area contributed by atoms with E-state index >= 15 is 0 Å². The summed E-state index contributed by atoms with van der Waals surface area (Å²) < 4.78 is 4.82. The number of hydrogen-bond acceptors (Lipinski definition) is 2. The van der Waals surface area contributed by atoms with Crippen molar-refractivity contribution >= 4 is 7.12 Å². The molecule has 1 aliphatic heterocycles. The second-order valence-corrected chi connectivity index (χ2v) is 2.84. The first kappa shape index (κ1) is 9.98. The largest absolute Gasteiger partial charge is 0.454 e. The third kappa shape index (κ3) is 4.83. The molecule has 0 spiro atoms. The summed E-state index contributed by atoms with van der Waals surface area (Å²) in [4.78, 5) is 0. The Kier molecular flexibility index (Phi) is 5.74. The second kappa shape index (κ2) is 5.75. The van der Waals surface area contributed by atoms with Gasteiger partial charge in [0.25, 0.3) is 0 Å². The van der Waals surface area contributed by atoms with Crippen molar-refractivity contribution in [2.45, 2.75) is 33.5 Å². The predicted octanol–water partition coefficient (Wildman–Crippen LogP) is 1.55. The fourth-order valence-corrected chi connectivity index (χ4v) is 0.756. The van der Waals surface area contributed by atoms with Crippen molar-refractivity contribution in [3.63, 3.8) is 0 Å². The van der Waals surface area contributed by atoms with E-state index in [1.54, 1.807) is 0 Å². The zero-order chi connectivity index (χ0) is 7.98. The molecule has 60 valence electrons. The highest BCUT2D eigenvalue weighted by Crippen LogP contribution is 2.13. The normalized spacial score (nSPS) is 24.0. The Morgan fingerprint density at radius 1 is 1.60 bits per heavy atom. The zero-order valence-electron chi connectivity index (χ0n) is 7.13. The van der Waals surface area contributed by atoms with Crippen molar-refractivity contribution in [3.8, 4) is 0 Å². The topological polar surface area (TPSA) is 29.5 Å². The lowest BCUT2D eigenvalue weighted by Crippen LogP contribution is -2.07. The van der Waals surface area contributed by atoms with Crippen LogP contribution in [0.25, 0.3) is 0 Å². The van der Waals surface area contributed by atoms with Crippen LogP contribution in [-0.2, 0) is 4.65 Å². The summed E-state index contributed by atoms with van der Waals surface area (Å²) in [6, 6.07) is 0. The summed E-state index contributed by atoms with van der Waals surface area (Å²) in [5.41, 5.74) is 0. The quantitative estimate of drug-likeness (QED) is 0.522. The molecule has 0 amide bonds. The monoisotopic (exact) mass is 144 g/mol. The standard InChI is InChI=1S/C4H9BO2.C3H8/c1-4-2-5(6)7-3-4;1-3-2/h4,6H,2-3H2,1H3;3H2,1-2H3/t4-;/m1./s1. The predicted molar refractivity (Wildman–Crippen MR) is 43.9 cm³/mol. The van der Waals surface area contributed by atoms with Gasteiger partial charge in [0, 0.05) is 6.61 Å². The maximum Gasteiger partial charge on any atom is 0.454 e. The Morgan fingerprint density at radius 2 is 2.10 bits per heavy atom. The van der Waals surface area contributed by atoms with Gasteiger partial charge >= 0.3 is 7.12 Å². The Balaban J connectivity index is 0.000000236. The molecule has 1 atom stereocenters. The highest BCUT2D eigenvalue weighted by Gasteiger charge is 2.24. The van der Waals surface area contributed by atoms with Gasteiger partial charge in [0.15, 0.2) is 0 Å². The van der Waals surface area contributed by atoms with E-state index in [9.17, 15) is 0 Å². The van der Waals surface area contributed by atoms with Crippen LogP contribution in [0.2, 0.25) is 6.32 Å². The van der Waals surface area contributed by atoms with Crippen molar-refractivity contribution < 1.29 is 9.68 Å². The average molecular weight is 144 g/mol. The minimum absolute atomic E-state index is 0.477. The number of hydrogen-bond donors (Lipinski definition) is 1. The molecule has 0 unspecified atom stereocenters. The van der Waals surface area contributed by atoms with E-state index in [0.717, 1.165) is 12.9 Å². The number of rotatable bonds is 0. The minimum atomic E-state index is -0.477. The molecule has 0 aromatic carbocycles. The van der Waals surface area contributed by atoms with Gasteiger partial charge in [-0.2, -0.15) is 0 Å². The van der Waals surface area contributed by atoms with Crippen molar-refractivity contribution in [1.82, 2.24) is 0 Å². The molecule has 1 aliphatic rings. The van der Waals surface area contributed by atoms with E-state index in [4.69, 9.17) is 9.68 Å². The Labute approximate surface area is 63.7 Å². The fourth-order valence-electron chi connectivity index (χ4n) is 0.756. The van der Waals surface area contributed by atoms with Gasteiger partial charge in [-0.15, -0.1) is 0 Å². The molecule has 1 N–H and O–H groups in total. The molecule has 10 heavy (non-hydrogen) atoms. The van der Waals surface area contributed by atoms with E-state index in [2.05, 4.69) is 20.8 Å². The van der Waals surface area contributed by atoms with E-state index < -0.39 is 7.12 Å². The first-order chi connectivity index (χ1) is 4.70. The van der Waals surface area contributed by atoms with E-state index in [1.807, 2.05) is 0 Å². The molecule has 1 fully saturated rings. The first-order valence-electron chi connectivity index (χ1n) is 4.00. The van der Waals surface area contributed by atoms with Crippen LogP contribution in [0.3, 0.4) is 0 Å². The van der Waals surface area contributed by atoms with Crippen LogP contribution in [0.5, 0.6) is 0 Å². The molecular formula is C7H17BO2. The molecule has 1 saturated heterocycles. The van der Waals surface area contributed by atoms with Crippen molar-refractivity contribution in [2.24, 2.45) is 5.92 Å². The lowest BCUT2D eigenvalue weighted by Gasteiger charge is -1.90. The summed E-state index contributed by atoms with van der Waals surface area (Å²) in [5, 5.41) is 8.68. The molecule has 0 radical (unpaired) electrons. The second-order valence-electron chi connectivity index (χ2n) is 2.84. The Morgan fingerprint density at radius 3 is 2.20 bits per heavy atom. The smallest absolute Gasteiger partial charge is 0.427 e. The molecular weight excluding hydrogens is 127 g/mol. The molecule has 0 saturated carbocycles. The Bertz CT molecular complexity index is 70.0. The van der Waals surface area contributed by atoms with E-state index in [0.29, 0.717) is 5.92 Å². The molecule has 2 nitrogen and oxygen atoms in total. The van der Waals surface area contributed by atoms with E-state index in [1.165, 1.54) is 6.42 Å². The van der Waals surface area contributed by atoms with Crippen LogP contribution in [0.1, 0.15) is 27.2 Å². The van der Waals surface area contributed by atoms with Crippen molar-refractivity contribution in [3.05, 3.63) is 0 Å². The SMILES string of the molecule is CCC.C[C@H]1COB(O)C1. The van der Waals surface area contributed by atoms with Gasteiger partial charge in [0.1, 0.15) is 0 Å². The van der Waals surface area contributed by atoms with Gasteiger partial charge in [-0.25, -0.2) is 0 Å². The highest BCUT2D eigenvalue weighted by molar-refractivity contribution is 6.43. The maximum absolute atomic E-state index is 8.68. The summed E-state index contributed by atoms with van der Waals surface area (Å²) in [6.45, 7) is 7.04. The van der Waals surface area contributed by atoms with Crippen LogP contribution in [0.15, 0.2) is 0 Å². The molecule has 1 heterocycles. The fraction of sp³-hybridized carbons (Fsp3) is 1.00. The van der Waals surface area contributed by atoms with Gasteiger partial charge in [-0.1, -0.05) is 27.2 Å². The van der Waals surface area contributed by atoms with Gasteiger partial charge in [-0.05, 0) is 12.2 Å². The molecule has 0 aliphatic carbocycles. The van der Waals surface area contributed by atoms with Crippen LogP contribution in [0.4, 0.5) is 0 Å².